The van der Waals surface area contributed by atoms with Crippen LogP contribution >= 0.6 is 0 Å². The third-order valence-corrected chi connectivity index (χ3v) is 4.69. The lowest BCUT2D eigenvalue weighted by molar-refractivity contribution is 0.153. The molecule has 2 saturated carbocycles. The van der Waals surface area contributed by atoms with Gasteiger partial charge >= 0.3 is 6.03 Å². The number of hydrogen-bond donors (Lipinski definition) is 3. The Labute approximate surface area is 110 Å². The van der Waals surface area contributed by atoms with E-state index in [9.17, 15) is 9.90 Å². The molecule has 4 nitrogen and oxygen atoms in total. The molecule has 0 aromatic heterocycles. The summed E-state index contributed by atoms with van der Waals surface area (Å²) in [7, 11) is 0. The van der Waals surface area contributed by atoms with Crippen LogP contribution in [0.4, 0.5) is 4.79 Å². The molecule has 18 heavy (non-hydrogen) atoms. The van der Waals surface area contributed by atoms with Crippen LogP contribution in [0.25, 0.3) is 0 Å². The smallest absolute Gasteiger partial charge is 0.315 e. The van der Waals surface area contributed by atoms with E-state index in [0.717, 1.165) is 19.4 Å². The van der Waals surface area contributed by atoms with Gasteiger partial charge in [0.2, 0.25) is 0 Å². The average molecular weight is 254 g/mol. The SMILES string of the molecule is CC1(CNC(=O)NC(C)(CO)C2CC2)CCCC1. The van der Waals surface area contributed by atoms with Crippen LogP contribution in [0, 0.1) is 11.3 Å². The normalized spacial score (nSPS) is 25.5. The van der Waals surface area contributed by atoms with Crippen molar-refractivity contribution < 1.29 is 9.90 Å². The fourth-order valence-electron chi connectivity index (χ4n) is 2.99. The number of aliphatic hydroxyl groups excluding tert-OH is 1. The predicted octanol–water partition coefficient (Wildman–Crippen LogP) is 2.03. The molecular weight excluding hydrogens is 228 g/mol. The molecular formula is C14H26N2O2. The van der Waals surface area contributed by atoms with Crippen LogP contribution in [-0.2, 0) is 0 Å². The second kappa shape index (κ2) is 5.08. The van der Waals surface area contributed by atoms with Crippen molar-refractivity contribution in [2.45, 2.75) is 57.9 Å². The minimum absolute atomic E-state index is 0.0162. The molecule has 0 heterocycles. The Kier molecular flexibility index (Phi) is 3.85. The van der Waals surface area contributed by atoms with Gasteiger partial charge in [-0.2, -0.15) is 0 Å². The zero-order chi connectivity index (χ0) is 13.2. The highest BCUT2D eigenvalue weighted by Gasteiger charge is 2.42. The molecule has 4 heteroatoms. The van der Waals surface area contributed by atoms with Gasteiger partial charge in [0.25, 0.3) is 0 Å². The molecule has 2 aliphatic carbocycles. The summed E-state index contributed by atoms with van der Waals surface area (Å²) in [5, 5.41) is 15.4. The lowest BCUT2D eigenvalue weighted by Gasteiger charge is -2.30. The largest absolute Gasteiger partial charge is 0.394 e. The van der Waals surface area contributed by atoms with Crippen molar-refractivity contribution in [2.75, 3.05) is 13.2 Å². The Balaban J connectivity index is 1.77. The van der Waals surface area contributed by atoms with Gasteiger partial charge in [0.05, 0.1) is 12.1 Å². The third-order valence-electron chi connectivity index (χ3n) is 4.69. The molecule has 0 aliphatic heterocycles. The van der Waals surface area contributed by atoms with Crippen molar-refractivity contribution >= 4 is 6.03 Å². The van der Waals surface area contributed by atoms with Crippen LogP contribution < -0.4 is 10.6 Å². The highest BCUT2D eigenvalue weighted by molar-refractivity contribution is 5.75. The van der Waals surface area contributed by atoms with E-state index in [1.165, 1.54) is 25.7 Å². The van der Waals surface area contributed by atoms with E-state index >= 15 is 0 Å². The number of aliphatic hydroxyl groups is 1. The average Bonchev–Trinajstić information content (AvgIpc) is 3.11. The monoisotopic (exact) mass is 254 g/mol. The van der Waals surface area contributed by atoms with E-state index in [1.54, 1.807) is 0 Å². The number of amides is 2. The van der Waals surface area contributed by atoms with Crippen molar-refractivity contribution in [2.24, 2.45) is 11.3 Å². The topological polar surface area (TPSA) is 61.4 Å². The lowest BCUT2D eigenvalue weighted by atomic mass is 9.89. The van der Waals surface area contributed by atoms with Crippen LogP contribution in [-0.4, -0.2) is 29.8 Å². The highest BCUT2D eigenvalue weighted by atomic mass is 16.3. The van der Waals surface area contributed by atoms with Gasteiger partial charge in [-0.3, -0.25) is 0 Å². The molecule has 104 valence electrons. The summed E-state index contributed by atoms with van der Waals surface area (Å²) in [4.78, 5) is 11.9. The summed E-state index contributed by atoms with van der Waals surface area (Å²) in [5.41, 5.74) is -0.173. The fraction of sp³-hybridized carbons (Fsp3) is 0.929. The summed E-state index contributed by atoms with van der Waals surface area (Å²) in [6, 6.07) is -0.133. The molecule has 0 aromatic rings. The number of carbonyl (C=O) groups excluding carboxylic acids is 1. The van der Waals surface area contributed by atoms with Crippen molar-refractivity contribution in [3.05, 3.63) is 0 Å². The number of urea groups is 1. The van der Waals surface area contributed by atoms with E-state index in [-0.39, 0.29) is 18.1 Å². The maximum absolute atomic E-state index is 11.9. The summed E-state index contributed by atoms with van der Waals surface area (Å²) in [6.45, 7) is 4.93. The molecule has 0 spiro atoms. The molecule has 0 bridgehead atoms. The predicted molar refractivity (Wildman–Crippen MR) is 71.3 cm³/mol. The fourth-order valence-corrected chi connectivity index (χ4v) is 2.99. The van der Waals surface area contributed by atoms with Crippen molar-refractivity contribution in [3.63, 3.8) is 0 Å². The minimum Gasteiger partial charge on any atom is -0.394 e. The summed E-state index contributed by atoms with van der Waals surface area (Å²) in [5.74, 6) is 0.440. The van der Waals surface area contributed by atoms with Crippen molar-refractivity contribution in [3.8, 4) is 0 Å². The van der Waals surface area contributed by atoms with Crippen LogP contribution in [0.15, 0.2) is 0 Å². The zero-order valence-electron chi connectivity index (χ0n) is 11.6. The Morgan fingerprint density at radius 3 is 2.50 bits per heavy atom. The van der Waals surface area contributed by atoms with Gasteiger partial charge in [-0.25, -0.2) is 4.79 Å². The maximum Gasteiger partial charge on any atom is 0.315 e. The quantitative estimate of drug-likeness (QED) is 0.703. The highest BCUT2D eigenvalue weighted by Crippen LogP contribution is 2.39. The Bertz CT molecular complexity index is 309. The molecule has 2 rings (SSSR count). The molecule has 2 aliphatic rings. The van der Waals surface area contributed by atoms with E-state index in [4.69, 9.17) is 0 Å². The number of rotatable bonds is 5. The second-order valence-corrected chi connectivity index (χ2v) is 6.68. The van der Waals surface area contributed by atoms with Crippen molar-refractivity contribution in [1.29, 1.82) is 0 Å². The first-order valence-electron chi connectivity index (χ1n) is 7.14. The summed E-state index contributed by atoms with van der Waals surface area (Å²) >= 11 is 0. The molecule has 1 atom stereocenters. The number of carbonyl (C=O) groups is 1. The van der Waals surface area contributed by atoms with Gasteiger partial charge in [0.1, 0.15) is 0 Å². The zero-order valence-corrected chi connectivity index (χ0v) is 11.6. The Morgan fingerprint density at radius 2 is 2.00 bits per heavy atom. The standard InChI is InChI=1S/C14H26N2O2/c1-13(7-3-4-8-13)9-15-12(18)16-14(2,10-17)11-5-6-11/h11,17H,3-10H2,1-2H3,(H2,15,16,18). The van der Waals surface area contributed by atoms with E-state index in [2.05, 4.69) is 17.6 Å². The second-order valence-electron chi connectivity index (χ2n) is 6.68. The van der Waals surface area contributed by atoms with Gasteiger partial charge in [0.15, 0.2) is 0 Å². The Morgan fingerprint density at radius 1 is 1.39 bits per heavy atom. The van der Waals surface area contributed by atoms with E-state index in [0.29, 0.717) is 5.92 Å². The molecule has 3 N–H and O–H groups in total. The Hall–Kier alpha value is -0.770. The summed E-state index contributed by atoms with van der Waals surface area (Å²) in [6.07, 6.45) is 7.16. The van der Waals surface area contributed by atoms with Gasteiger partial charge in [0, 0.05) is 6.54 Å². The molecule has 2 fully saturated rings. The molecule has 2 amide bonds. The molecule has 0 radical (unpaired) electrons. The van der Waals surface area contributed by atoms with Crippen molar-refractivity contribution in [1.82, 2.24) is 10.6 Å². The van der Waals surface area contributed by atoms with Gasteiger partial charge in [-0.15, -0.1) is 0 Å². The molecule has 1 unspecified atom stereocenters. The first kappa shape index (κ1) is 13.7. The third kappa shape index (κ3) is 3.16. The summed E-state index contributed by atoms with van der Waals surface area (Å²) < 4.78 is 0. The van der Waals surface area contributed by atoms with Crippen LogP contribution in [0.1, 0.15) is 52.4 Å². The van der Waals surface area contributed by atoms with E-state index in [1.807, 2.05) is 6.92 Å². The molecule has 0 saturated heterocycles. The maximum atomic E-state index is 11.9. The van der Waals surface area contributed by atoms with Gasteiger partial charge in [-0.1, -0.05) is 19.8 Å². The van der Waals surface area contributed by atoms with Gasteiger partial charge < -0.3 is 15.7 Å². The molecule has 0 aromatic carbocycles. The van der Waals surface area contributed by atoms with E-state index < -0.39 is 5.54 Å². The first-order valence-corrected chi connectivity index (χ1v) is 7.14. The lowest BCUT2D eigenvalue weighted by Crippen LogP contribution is -2.55. The number of hydrogen-bond acceptors (Lipinski definition) is 2. The minimum atomic E-state index is -0.444. The van der Waals surface area contributed by atoms with Crippen LogP contribution in [0.3, 0.4) is 0 Å². The first-order chi connectivity index (χ1) is 8.47. The van der Waals surface area contributed by atoms with Gasteiger partial charge in [-0.05, 0) is 43.9 Å². The number of nitrogens with one attached hydrogen (secondary N) is 2. The van der Waals surface area contributed by atoms with Crippen LogP contribution in [0.5, 0.6) is 0 Å². The van der Waals surface area contributed by atoms with Crippen LogP contribution in [0.2, 0.25) is 0 Å².